The Morgan fingerprint density at radius 3 is 2.59 bits per heavy atom. The van der Waals surface area contributed by atoms with Crippen molar-refractivity contribution in [1.82, 2.24) is 4.90 Å². The number of benzene rings is 2. The first-order chi connectivity index (χ1) is 13.0. The second-order valence-electron chi connectivity index (χ2n) is 5.65. The van der Waals surface area contributed by atoms with Crippen LogP contribution in [0.3, 0.4) is 0 Å². The number of carbonyl (C=O) groups excluding carboxylic acids is 3. The standard InChI is InChI=1S/C19H15ClN2O4S/c20-14-7-3-1-6-13(14)11-26-15-8-4-2-5-12(15)9-16-18(24)22(10-17(21)23)19(25)27-16/h1-9H,10-11H2,(H2,21,23)/b16-9-. The molecule has 0 aromatic heterocycles. The van der Waals surface area contributed by atoms with Gasteiger partial charge in [-0.25, -0.2) is 0 Å². The molecule has 6 nitrogen and oxygen atoms in total. The number of hydrogen-bond donors (Lipinski definition) is 1. The number of hydrogen-bond acceptors (Lipinski definition) is 5. The van der Waals surface area contributed by atoms with E-state index in [2.05, 4.69) is 0 Å². The summed E-state index contributed by atoms with van der Waals surface area (Å²) in [4.78, 5) is 36.3. The lowest BCUT2D eigenvalue weighted by Gasteiger charge is -2.11. The maximum atomic E-state index is 12.3. The SMILES string of the molecule is NC(=O)CN1C(=O)S/C(=C\c2ccccc2OCc2ccccc2Cl)C1=O. The molecular weight excluding hydrogens is 388 g/mol. The number of para-hydroxylation sites is 1. The van der Waals surface area contributed by atoms with Gasteiger partial charge in [-0.15, -0.1) is 0 Å². The topological polar surface area (TPSA) is 89.7 Å². The smallest absolute Gasteiger partial charge is 0.294 e. The minimum absolute atomic E-state index is 0.204. The first-order valence-corrected chi connectivity index (χ1v) is 9.14. The predicted octanol–water partition coefficient (Wildman–Crippen LogP) is 3.44. The van der Waals surface area contributed by atoms with Crippen molar-refractivity contribution < 1.29 is 19.1 Å². The summed E-state index contributed by atoms with van der Waals surface area (Å²) in [6.07, 6.45) is 1.56. The molecule has 3 rings (SSSR count). The summed E-state index contributed by atoms with van der Waals surface area (Å²) in [5.41, 5.74) is 6.54. The molecule has 3 amide bonds. The van der Waals surface area contributed by atoms with Crippen molar-refractivity contribution in [2.24, 2.45) is 5.73 Å². The Bertz CT molecular complexity index is 945. The van der Waals surface area contributed by atoms with Crippen LogP contribution in [-0.2, 0) is 16.2 Å². The molecule has 0 aliphatic carbocycles. The van der Waals surface area contributed by atoms with Crippen LogP contribution < -0.4 is 10.5 Å². The molecule has 27 heavy (non-hydrogen) atoms. The third kappa shape index (κ3) is 4.50. The van der Waals surface area contributed by atoms with Gasteiger partial charge in [-0.3, -0.25) is 19.3 Å². The lowest BCUT2D eigenvalue weighted by Crippen LogP contribution is -2.36. The monoisotopic (exact) mass is 402 g/mol. The predicted molar refractivity (Wildman–Crippen MR) is 104 cm³/mol. The van der Waals surface area contributed by atoms with Crippen LogP contribution in [0.5, 0.6) is 5.75 Å². The third-order valence-corrected chi connectivity index (χ3v) is 5.01. The Morgan fingerprint density at radius 1 is 1.15 bits per heavy atom. The average molecular weight is 403 g/mol. The number of rotatable bonds is 6. The quantitative estimate of drug-likeness (QED) is 0.747. The summed E-state index contributed by atoms with van der Waals surface area (Å²) < 4.78 is 5.85. The van der Waals surface area contributed by atoms with Gasteiger partial charge < -0.3 is 10.5 Å². The van der Waals surface area contributed by atoms with Crippen LogP contribution in [0.15, 0.2) is 53.4 Å². The minimum Gasteiger partial charge on any atom is -0.488 e. The molecule has 1 fully saturated rings. The van der Waals surface area contributed by atoms with Crippen LogP contribution in [0, 0.1) is 0 Å². The van der Waals surface area contributed by atoms with Crippen molar-refractivity contribution >= 4 is 46.5 Å². The van der Waals surface area contributed by atoms with Gasteiger partial charge in [-0.2, -0.15) is 0 Å². The van der Waals surface area contributed by atoms with E-state index in [0.29, 0.717) is 16.3 Å². The molecule has 1 aliphatic rings. The van der Waals surface area contributed by atoms with E-state index >= 15 is 0 Å². The van der Waals surface area contributed by atoms with Crippen molar-refractivity contribution in [2.45, 2.75) is 6.61 Å². The van der Waals surface area contributed by atoms with Gasteiger partial charge >= 0.3 is 0 Å². The maximum Gasteiger partial charge on any atom is 0.294 e. The molecule has 138 valence electrons. The van der Waals surface area contributed by atoms with E-state index in [1.807, 2.05) is 18.2 Å². The van der Waals surface area contributed by atoms with E-state index < -0.39 is 23.6 Å². The summed E-state index contributed by atoms with van der Waals surface area (Å²) in [6, 6.07) is 14.5. The Kier molecular flexibility index (Phi) is 5.83. The van der Waals surface area contributed by atoms with Crippen LogP contribution >= 0.6 is 23.4 Å². The molecule has 1 saturated heterocycles. The van der Waals surface area contributed by atoms with Gasteiger partial charge in [-0.05, 0) is 30.0 Å². The van der Waals surface area contributed by atoms with E-state index in [1.54, 1.807) is 36.4 Å². The molecular formula is C19H15ClN2O4S. The van der Waals surface area contributed by atoms with E-state index in [-0.39, 0.29) is 11.5 Å². The van der Waals surface area contributed by atoms with Gasteiger partial charge in [0.25, 0.3) is 11.1 Å². The van der Waals surface area contributed by atoms with Crippen LogP contribution in [-0.4, -0.2) is 28.5 Å². The van der Waals surface area contributed by atoms with E-state index in [0.717, 1.165) is 22.2 Å². The van der Waals surface area contributed by atoms with Crippen LogP contribution in [0.25, 0.3) is 6.08 Å². The van der Waals surface area contributed by atoms with Crippen LogP contribution in [0.1, 0.15) is 11.1 Å². The van der Waals surface area contributed by atoms with E-state index in [9.17, 15) is 14.4 Å². The number of imide groups is 1. The highest BCUT2D eigenvalue weighted by atomic mass is 35.5. The second kappa shape index (κ2) is 8.28. The first kappa shape index (κ1) is 19.0. The Hall–Kier alpha value is -2.77. The summed E-state index contributed by atoms with van der Waals surface area (Å²) in [5.74, 6) is -0.758. The van der Waals surface area contributed by atoms with Crippen molar-refractivity contribution in [1.29, 1.82) is 0 Å². The number of nitrogens with zero attached hydrogens (tertiary/aromatic N) is 1. The molecule has 1 aliphatic heterocycles. The number of halogens is 1. The molecule has 8 heteroatoms. The lowest BCUT2D eigenvalue weighted by atomic mass is 10.1. The minimum atomic E-state index is -0.748. The summed E-state index contributed by atoms with van der Waals surface area (Å²) in [6.45, 7) is -0.180. The molecule has 0 bridgehead atoms. The highest BCUT2D eigenvalue weighted by molar-refractivity contribution is 8.18. The summed E-state index contributed by atoms with van der Waals surface area (Å²) in [5, 5.41) is 0.0714. The average Bonchev–Trinajstić information content (AvgIpc) is 2.89. The third-order valence-electron chi connectivity index (χ3n) is 3.73. The highest BCUT2D eigenvalue weighted by Gasteiger charge is 2.35. The molecule has 0 radical (unpaired) electrons. The summed E-state index contributed by atoms with van der Waals surface area (Å²) in [7, 11) is 0. The number of nitrogens with two attached hydrogens (primary N) is 1. The zero-order valence-corrected chi connectivity index (χ0v) is 15.6. The first-order valence-electron chi connectivity index (χ1n) is 7.94. The van der Waals surface area contributed by atoms with Gasteiger partial charge in [0.05, 0.1) is 4.91 Å². The fourth-order valence-electron chi connectivity index (χ4n) is 2.44. The van der Waals surface area contributed by atoms with Crippen molar-refractivity contribution in [2.75, 3.05) is 6.54 Å². The Morgan fingerprint density at radius 2 is 1.85 bits per heavy atom. The van der Waals surface area contributed by atoms with Gasteiger partial charge in [0.15, 0.2) is 0 Å². The Balaban J connectivity index is 1.81. The molecule has 2 aromatic rings. The molecule has 2 aromatic carbocycles. The molecule has 0 unspecified atom stereocenters. The van der Waals surface area contributed by atoms with Crippen LogP contribution in [0.4, 0.5) is 4.79 Å². The largest absolute Gasteiger partial charge is 0.488 e. The zero-order valence-electron chi connectivity index (χ0n) is 14.1. The second-order valence-corrected chi connectivity index (χ2v) is 7.05. The van der Waals surface area contributed by atoms with Crippen molar-refractivity contribution in [3.05, 3.63) is 69.6 Å². The van der Waals surface area contributed by atoms with Crippen molar-refractivity contribution in [3.63, 3.8) is 0 Å². The molecule has 0 atom stereocenters. The fourth-order valence-corrected chi connectivity index (χ4v) is 3.46. The summed E-state index contributed by atoms with van der Waals surface area (Å²) >= 11 is 6.90. The Labute approximate surface area is 164 Å². The molecule has 1 heterocycles. The van der Waals surface area contributed by atoms with Crippen molar-refractivity contribution in [3.8, 4) is 5.75 Å². The number of ether oxygens (including phenoxy) is 1. The van der Waals surface area contributed by atoms with Gasteiger partial charge in [0, 0.05) is 16.1 Å². The van der Waals surface area contributed by atoms with E-state index in [1.165, 1.54) is 0 Å². The molecule has 0 saturated carbocycles. The normalized spacial score (nSPS) is 15.4. The van der Waals surface area contributed by atoms with E-state index in [4.69, 9.17) is 22.1 Å². The number of carbonyl (C=O) groups is 3. The fraction of sp³-hybridized carbons (Fsp3) is 0.105. The van der Waals surface area contributed by atoms with Crippen LogP contribution in [0.2, 0.25) is 5.02 Å². The maximum absolute atomic E-state index is 12.3. The number of amides is 3. The number of primary amides is 1. The van der Waals surface area contributed by atoms with Gasteiger partial charge in [0.1, 0.15) is 18.9 Å². The molecule has 0 spiro atoms. The molecule has 2 N–H and O–H groups in total. The van der Waals surface area contributed by atoms with Gasteiger partial charge in [-0.1, -0.05) is 48.0 Å². The lowest BCUT2D eigenvalue weighted by molar-refractivity contribution is -0.127. The van der Waals surface area contributed by atoms with Gasteiger partial charge in [0.2, 0.25) is 5.91 Å². The zero-order chi connectivity index (χ0) is 19.4. The highest BCUT2D eigenvalue weighted by Crippen LogP contribution is 2.34. The number of thioether (sulfide) groups is 1.